The van der Waals surface area contributed by atoms with Gasteiger partial charge in [-0.25, -0.2) is 9.97 Å². The van der Waals surface area contributed by atoms with E-state index >= 15 is 0 Å². The molecule has 1 N–H and O–H groups in total. The third kappa shape index (κ3) is 5.79. The van der Waals surface area contributed by atoms with Crippen LogP contribution in [0, 0.1) is 6.92 Å². The number of hydrogen-bond acceptors (Lipinski definition) is 5. The minimum atomic E-state index is -1.17. The Labute approximate surface area is 219 Å². The van der Waals surface area contributed by atoms with Crippen molar-refractivity contribution >= 4 is 36.2 Å². The van der Waals surface area contributed by atoms with Crippen LogP contribution in [0.25, 0.3) is 16.4 Å². The Morgan fingerprint density at radius 2 is 2.03 bits per heavy atom. The zero-order valence-electron chi connectivity index (χ0n) is 22.6. The fourth-order valence-corrected chi connectivity index (χ4v) is 5.75. The molecule has 1 saturated heterocycles. The summed E-state index contributed by atoms with van der Waals surface area (Å²) in [5.74, 6) is 1.23. The smallest absolute Gasteiger partial charge is 0.256 e. The van der Waals surface area contributed by atoms with Gasteiger partial charge in [-0.3, -0.25) is 9.69 Å². The molecule has 37 heavy (non-hydrogen) atoms. The van der Waals surface area contributed by atoms with E-state index in [9.17, 15) is 4.79 Å². The fraction of sp³-hybridized carbons (Fsp3) is 0.464. The van der Waals surface area contributed by atoms with Crippen LogP contribution in [0.3, 0.4) is 0 Å². The summed E-state index contributed by atoms with van der Waals surface area (Å²) in [7, 11) is -1.17. The van der Waals surface area contributed by atoms with E-state index in [1.54, 1.807) is 12.3 Å². The van der Waals surface area contributed by atoms with Crippen LogP contribution in [-0.2, 0) is 18.0 Å². The van der Waals surface area contributed by atoms with E-state index in [4.69, 9.17) is 4.74 Å². The Hall–Kier alpha value is -3.01. The molecule has 4 aromatic heterocycles. The highest BCUT2D eigenvalue weighted by atomic mass is 28.3. The number of carbonyl (C=O) groups is 1. The molecule has 0 bridgehead atoms. The summed E-state index contributed by atoms with van der Waals surface area (Å²) in [6, 6.07) is 9.56. The van der Waals surface area contributed by atoms with Crippen LogP contribution in [0.15, 0.2) is 42.9 Å². The quantitative estimate of drug-likeness (QED) is 0.232. The second-order valence-electron chi connectivity index (χ2n) is 11.5. The van der Waals surface area contributed by atoms with Gasteiger partial charge in [0.05, 0.1) is 17.2 Å². The normalized spacial score (nSPS) is 16.7. The van der Waals surface area contributed by atoms with Gasteiger partial charge in [-0.1, -0.05) is 19.6 Å². The van der Waals surface area contributed by atoms with Crippen LogP contribution in [0.4, 0.5) is 5.82 Å². The first-order valence-corrected chi connectivity index (χ1v) is 16.9. The van der Waals surface area contributed by atoms with Crippen LogP contribution < -0.4 is 5.32 Å². The van der Waals surface area contributed by atoms with Crippen molar-refractivity contribution in [1.82, 2.24) is 23.8 Å². The summed E-state index contributed by atoms with van der Waals surface area (Å²) < 4.78 is 10.4. The number of rotatable bonds is 9. The van der Waals surface area contributed by atoms with Crippen LogP contribution in [0.2, 0.25) is 25.7 Å². The first kappa shape index (κ1) is 25.6. The number of aryl methyl sites for hydroxylation is 1. The summed E-state index contributed by atoms with van der Waals surface area (Å²) in [6.07, 6.45) is 7.99. The van der Waals surface area contributed by atoms with E-state index < -0.39 is 8.07 Å². The van der Waals surface area contributed by atoms with Crippen molar-refractivity contribution in [2.24, 2.45) is 0 Å². The van der Waals surface area contributed by atoms with Gasteiger partial charge in [0.1, 0.15) is 18.4 Å². The van der Waals surface area contributed by atoms with Crippen molar-refractivity contribution in [1.29, 1.82) is 0 Å². The second-order valence-corrected chi connectivity index (χ2v) is 17.1. The number of carbonyl (C=O) groups excluding carboxylic acids is 1. The van der Waals surface area contributed by atoms with Gasteiger partial charge in [0.2, 0.25) is 0 Å². The van der Waals surface area contributed by atoms with Gasteiger partial charge < -0.3 is 19.0 Å². The summed E-state index contributed by atoms with van der Waals surface area (Å²) >= 11 is 0. The van der Waals surface area contributed by atoms with Gasteiger partial charge in [0.15, 0.2) is 0 Å². The molecule has 0 unspecified atom stereocenters. The molecule has 5 heterocycles. The molecule has 196 valence electrons. The summed E-state index contributed by atoms with van der Waals surface area (Å²) in [4.78, 5) is 24.5. The van der Waals surface area contributed by atoms with Crippen molar-refractivity contribution in [3.63, 3.8) is 0 Å². The van der Waals surface area contributed by atoms with E-state index in [2.05, 4.69) is 57.4 Å². The molecule has 1 aliphatic rings. The average molecular weight is 519 g/mol. The number of nitrogens with one attached hydrogen (secondary N) is 1. The molecular weight excluding hydrogens is 480 g/mol. The van der Waals surface area contributed by atoms with E-state index in [-0.39, 0.29) is 5.91 Å². The number of anilines is 1. The monoisotopic (exact) mass is 518 g/mol. The number of imidazole rings is 1. The molecule has 5 rings (SSSR count). The third-order valence-electron chi connectivity index (χ3n) is 7.36. The number of likely N-dealkylation sites (tertiary alicyclic amines) is 1. The molecule has 0 aliphatic carbocycles. The Bertz CT molecular complexity index is 1420. The fourth-order valence-electron chi connectivity index (χ4n) is 5.00. The van der Waals surface area contributed by atoms with Gasteiger partial charge in [-0.2, -0.15) is 0 Å². The average Bonchev–Trinajstić information content (AvgIpc) is 3.53. The van der Waals surface area contributed by atoms with Gasteiger partial charge in [-0.05, 0) is 57.5 Å². The molecule has 1 amide bonds. The van der Waals surface area contributed by atoms with Gasteiger partial charge in [0.25, 0.3) is 5.91 Å². The number of amides is 1. The highest BCUT2D eigenvalue weighted by Crippen LogP contribution is 2.26. The van der Waals surface area contributed by atoms with E-state index in [1.807, 2.05) is 35.9 Å². The maximum atomic E-state index is 13.0. The van der Waals surface area contributed by atoms with Crippen molar-refractivity contribution in [3.8, 4) is 0 Å². The zero-order chi connectivity index (χ0) is 26.2. The minimum Gasteiger partial charge on any atom is -0.361 e. The molecule has 4 aromatic rings. The van der Waals surface area contributed by atoms with E-state index in [1.165, 1.54) is 18.5 Å². The second kappa shape index (κ2) is 10.4. The van der Waals surface area contributed by atoms with Gasteiger partial charge in [-0.15, -0.1) is 0 Å². The lowest BCUT2D eigenvalue weighted by Crippen LogP contribution is -2.27. The third-order valence-corrected chi connectivity index (χ3v) is 9.07. The molecule has 0 aromatic carbocycles. The standard InChI is InChI=1S/C28H38N6O2Si/c1-20-7-6-9-32(20)18-25-14-23-16-30-27(15-26(23)34(25)19-36-11-12-37(3,4)5)31-28(35)22-8-10-33-21(2)29-17-24(33)13-22/h8,10,13-17,20H,6-7,9,11-12,18-19H2,1-5H3,(H,30,31,35)/t20-/m0/s1. The lowest BCUT2D eigenvalue weighted by molar-refractivity contribution is 0.0863. The van der Waals surface area contributed by atoms with Crippen LogP contribution in [0.5, 0.6) is 0 Å². The van der Waals surface area contributed by atoms with Crippen LogP contribution in [0.1, 0.15) is 41.6 Å². The molecule has 1 atom stereocenters. The minimum absolute atomic E-state index is 0.191. The molecule has 0 saturated carbocycles. The number of hydrogen-bond donors (Lipinski definition) is 1. The lowest BCUT2D eigenvalue weighted by Gasteiger charge is -2.22. The number of pyridine rings is 2. The van der Waals surface area contributed by atoms with Gasteiger partial charge in [0, 0.05) is 62.4 Å². The van der Waals surface area contributed by atoms with Crippen molar-refractivity contribution in [3.05, 3.63) is 59.9 Å². The lowest BCUT2D eigenvalue weighted by atomic mass is 10.2. The molecule has 0 spiro atoms. The van der Waals surface area contributed by atoms with Crippen molar-refractivity contribution < 1.29 is 9.53 Å². The first-order valence-electron chi connectivity index (χ1n) is 13.2. The van der Waals surface area contributed by atoms with E-state index in [0.717, 1.165) is 48.0 Å². The van der Waals surface area contributed by atoms with Crippen LogP contribution in [-0.4, -0.2) is 57.0 Å². The van der Waals surface area contributed by atoms with Crippen LogP contribution >= 0.6 is 0 Å². The molecule has 8 nitrogen and oxygen atoms in total. The van der Waals surface area contributed by atoms with Crippen molar-refractivity contribution in [2.45, 2.75) is 71.7 Å². The highest BCUT2D eigenvalue weighted by molar-refractivity contribution is 6.76. The number of aromatic nitrogens is 4. The molecule has 1 aliphatic heterocycles. The molecule has 0 radical (unpaired) electrons. The Morgan fingerprint density at radius 1 is 1.19 bits per heavy atom. The Balaban J connectivity index is 1.39. The predicted octanol–water partition coefficient (Wildman–Crippen LogP) is 5.54. The Morgan fingerprint density at radius 3 is 2.78 bits per heavy atom. The first-order chi connectivity index (χ1) is 17.7. The van der Waals surface area contributed by atoms with Gasteiger partial charge >= 0.3 is 0 Å². The topological polar surface area (TPSA) is 76.7 Å². The summed E-state index contributed by atoms with van der Waals surface area (Å²) in [5.41, 5.74) is 3.72. The summed E-state index contributed by atoms with van der Waals surface area (Å²) in [5, 5.41) is 4.05. The summed E-state index contributed by atoms with van der Waals surface area (Å²) in [6.45, 7) is 14.6. The Kier molecular flexibility index (Phi) is 7.20. The van der Waals surface area contributed by atoms with E-state index in [0.29, 0.717) is 24.2 Å². The predicted molar refractivity (Wildman–Crippen MR) is 151 cm³/mol. The molecule has 1 fully saturated rings. The SMILES string of the molecule is Cc1ncc2cc(C(=O)Nc3cc4c(cn3)cc(CN3CCC[C@@H]3C)n4COCC[Si](C)(C)C)ccn12. The highest BCUT2D eigenvalue weighted by Gasteiger charge is 2.23. The zero-order valence-corrected chi connectivity index (χ0v) is 23.6. The number of ether oxygens (including phenoxy) is 1. The number of nitrogens with zero attached hydrogens (tertiary/aromatic N) is 5. The largest absolute Gasteiger partial charge is 0.361 e. The van der Waals surface area contributed by atoms with Crippen molar-refractivity contribution in [2.75, 3.05) is 18.5 Å². The maximum absolute atomic E-state index is 13.0. The number of fused-ring (bicyclic) bond motifs is 2. The molecular formula is C28H38N6O2Si. The molecule has 9 heteroatoms. The maximum Gasteiger partial charge on any atom is 0.256 e.